The van der Waals surface area contributed by atoms with Crippen LogP contribution in [0, 0.1) is 11.6 Å². The Morgan fingerprint density at radius 2 is 1.80 bits per heavy atom. The smallest absolute Gasteiger partial charge is 0.248 e. The van der Waals surface area contributed by atoms with Crippen molar-refractivity contribution in [3.05, 3.63) is 77.5 Å². The van der Waals surface area contributed by atoms with Crippen LogP contribution in [0.3, 0.4) is 0 Å². The zero-order valence-electron chi connectivity index (χ0n) is 22.8. The number of rotatable bonds is 8. The molecule has 0 unspecified atom stereocenters. The Morgan fingerprint density at radius 3 is 2.52 bits per heavy atom. The van der Waals surface area contributed by atoms with Gasteiger partial charge in [0.15, 0.2) is 0 Å². The summed E-state index contributed by atoms with van der Waals surface area (Å²) in [5.74, 6) is -1.14. The third kappa shape index (κ3) is 6.42. The van der Waals surface area contributed by atoms with Gasteiger partial charge in [-0.15, -0.1) is 0 Å². The lowest BCUT2D eigenvalue weighted by Crippen LogP contribution is -2.64. The van der Waals surface area contributed by atoms with Crippen LogP contribution in [-0.2, 0) is 20.7 Å². The van der Waals surface area contributed by atoms with Crippen LogP contribution in [0.4, 0.5) is 8.78 Å². The van der Waals surface area contributed by atoms with Crippen LogP contribution in [-0.4, -0.2) is 78.1 Å². The van der Waals surface area contributed by atoms with Crippen LogP contribution in [0.25, 0.3) is 17.0 Å². The number of carbonyl (C=O) groups excluding carboxylic acids is 2. The van der Waals surface area contributed by atoms with Crippen molar-refractivity contribution in [2.75, 3.05) is 39.9 Å². The van der Waals surface area contributed by atoms with E-state index in [0.717, 1.165) is 42.5 Å². The van der Waals surface area contributed by atoms with Gasteiger partial charge in [-0.05, 0) is 79.6 Å². The number of fused-ring (bicyclic) bond motifs is 1. The molecular weight excluding hydrogens is 514 g/mol. The van der Waals surface area contributed by atoms with Crippen LogP contribution in [0.5, 0.6) is 0 Å². The van der Waals surface area contributed by atoms with E-state index >= 15 is 0 Å². The summed E-state index contributed by atoms with van der Waals surface area (Å²) >= 11 is 0. The average Bonchev–Trinajstić information content (AvgIpc) is 3.38. The highest BCUT2D eigenvalue weighted by molar-refractivity contribution is 5.97. The normalized spacial score (nSPS) is 18.3. The van der Waals surface area contributed by atoms with Crippen LogP contribution in [0.1, 0.15) is 36.8 Å². The Morgan fingerprint density at radius 1 is 1.10 bits per heavy atom. The fraction of sp³-hybridized carbons (Fsp3) is 0.419. The van der Waals surface area contributed by atoms with E-state index in [0.29, 0.717) is 50.5 Å². The first kappa shape index (κ1) is 28.0. The van der Waals surface area contributed by atoms with Gasteiger partial charge in [-0.3, -0.25) is 9.59 Å². The highest BCUT2D eigenvalue weighted by Crippen LogP contribution is 2.29. The fourth-order valence-electron chi connectivity index (χ4n) is 5.85. The summed E-state index contributed by atoms with van der Waals surface area (Å²) < 4.78 is 32.6. The Balaban J connectivity index is 1.29. The van der Waals surface area contributed by atoms with Crippen molar-refractivity contribution in [2.45, 2.75) is 43.7 Å². The summed E-state index contributed by atoms with van der Waals surface area (Å²) in [4.78, 5) is 34.3. The van der Waals surface area contributed by atoms with E-state index in [1.54, 1.807) is 36.2 Å². The highest BCUT2D eigenvalue weighted by atomic mass is 19.1. The molecule has 2 amide bonds. The molecule has 0 spiro atoms. The zero-order valence-corrected chi connectivity index (χ0v) is 22.8. The van der Waals surface area contributed by atoms with Gasteiger partial charge in [-0.2, -0.15) is 0 Å². The number of hydrogen-bond acceptors (Lipinski definition) is 4. The monoisotopic (exact) mass is 550 g/mol. The number of nitrogens with zero attached hydrogens (tertiary/aromatic N) is 2. The molecule has 0 atom stereocenters. The molecule has 5 rings (SSSR count). The topological polar surface area (TPSA) is 77.7 Å². The van der Waals surface area contributed by atoms with Gasteiger partial charge in [-0.1, -0.05) is 12.1 Å². The SMILES string of the molecule is CN(CCc1c[nH]c2ccc(F)cc12)C(=O)C1(NC(=O)/C=C/c2ccc(F)cc2)CCN(C2CCOCC2)CC1. The van der Waals surface area contributed by atoms with Crippen molar-refractivity contribution in [1.82, 2.24) is 20.1 Å². The largest absolute Gasteiger partial charge is 0.381 e. The number of H-pyrrole nitrogens is 1. The molecule has 0 radical (unpaired) electrons. The van der Waals surface area contributed by atoms with Gasteiger partial charge in [-0.25, -0.2) is 8.78 Å². The lowest BCUT2D eigenvalue weighted by Gasteiger charge is -2.45. The van der Waals surface area contributed by atoms with Crippen molar-refractivity contribution in [3.8, 4) is 0 Å². The van der Waals surface area contributed by atoms with Crippen LogP contribution in [0.15, 0.2) is 54.7 Å². The van der Waals surface area contributed by atoms with Gasteiger partial charge in [0.2, 0.25) is 11.8 Å². The van der Waals surface area contributed by atoms with Gasteiger partial charge in [0, 0.05) is 69.1 Å². The molecule has 0 bridgehead atoms. The second kappa shape index (κ2) is 12.3. The summed E-state index contributed by atoms with van der Waals surface area (Å²) in [7, 11) is 1.75. The number of nitrogens with one attached hydrogen (secondary N) is 2. The van der Waals surface area contributed by atoms with Gasteiger partial charge in [0.1, 0.15) is 17.2 Å². The zero-order chi connectivity index (χ0) is 28.1. The maximum absolute atomic E-state index is 14.0. The lowest BCUT2D eigenvalue weighted by molar-refractivity contribution is -0.142. The van der Waals surface area contributed by atoms with E-state index in [9.17, 15) is 18.4 Å². The number of halogens is 2. The van der Waals surface area contributed by atoms with E-state index in [2.05, 4.69) is 15.2 Å². The molecule has 9 heteroatoms. The number of amides is 2. The summed E-state index contributed by atoms with van der Waals surface area (Å²) in [5.41, 5.74) is 1.44. The molecule has 7 nitrogen and oxygen atoms in total. The number of aromatic nitrogens is 1. The summed E-state index contributed by atoms with van der Waals surface area (Å²) in [6.07, 6.45) is 8.36. The lowest BCUT2D eigenvalue weighted by atomic mass is 9.84. The van der Waals surface area contributed by atoms with Crippen LogP contribution < -0.4 is 5.32 Å². The number of likely N-dealkylation sites (N-methyl/N-ethyl adjacent to an activating group) is 1. The molecule has 0 aliphatic carbocycles. The van der Waals surface area contributed by atoms with E-state index in [1.165, 1.54) is 30.3 Å². The Kier molecular flexibility index (Phi) is 8.61. The first-order valence-electron chi connectivity index (χ1n) is 13.9. The van der Waals surface area contributed by atoms with Crippen molar-refractivity contribution in [2.24, 2.45) is 0 Å². The minimum Gasteiger partial charge on any atom is -0.381 e. The number of aromatic amines is 1. The van der Waals surface area contributed by atoms with Gasteiger partial charge >= 0.3 is 0 Å². The summed E-state index contributed by atoms with van der Waals surface area (Å²) in [6, 6.07) is 10.9. The number of ether oxygens (including phenoxy) is 1. The molecule has 3 aromatic rings. The van der Waals surface area contributed by atoms with E-state index < -0.39 is 5.54 Å². The maximum Gasteiger partial charge on any atom is 0.248 e. The Hall–Kier alpha value is -3.56. The molecule has 212 valence electrons. The third-order valence-electron chi connectivity index (χ3n) is 8.22. The van der Waals surface area contributed by atoms with Gasteiger partial charge in [0.25, 0.3) is 0 Å². The predicted octanol–water partition coefficient (Wildman–Crippen LogP) is 4.29. The second-order valence-electron chi connectivity index (χ2n) is 10.8. The van der Waals surface area contributed by atoms with Crippen molar-refractivity contribution in [1.29, 1.82) is 0 Å². The number of piperidine rings is 1. The molecule has 3 heterocycles. The fourth-order valence-corrected chi connectivity index (χ4v) is 5.85. The molecule has 2 aliphatic rings. The standard InChI is InChI=1S/C31H36F2N4O3/c1-36(15-10-23-21-34-28-8-7-25(33)20-27(23)28)30(39)31(13-16-37(17-14-31)26-11-18-40-19-12-26)35-29(38)9-4-22-2-5-24(32)6-3-22/h2-9,20-21,26,34H,10-19H2,1H3,(H,35,38)/b9-4+. The number of benzene rings is 2. The maximum atomic E-state index is 14.0. The molecule has 40 heavy (non-hydrogen) atoms. The molecule has 2 N–H and O–H groups in total. The third-order valence-corrected chi connectivity index (χ3v) is 8.22. The predicted molar refractivity (Wildman–Crippen MR) is 151 cm³/mol. The highest BCUT2D eigenvalue weighted by Gasteiger charge is 2.45. The quantitative estimate of drug-likeness (QED) is 0.411. The number of likely N-dealkylation sites (tertiary alicyclic amines) is 1. The van der Waals surface area contributed by atoms with E-state index in [4.69, 9.17) is 4.74 Å². The molecule has 1 aromatic heterocycles. The van der Waals surface area contributed by atoms with Gasteiger partial charge < -0.3 is 24.8 Å². The van der Waals surface area contributed by atoms with Gasteiger partial charge in [0.05, 0.1) is 0 Å². The van der Waals surface area contributed by atoms with Crippen molar-refractivity contribution in [3.63, 3.8) is 0 Å². The Bertz CT molecular complexity index is 1360. The summed E-state index contributed by atoms with van der Waals surface area (Å²) in [6.45, 7) is 3.32. The Labute approximate surface area is 233 Å². The van der Waals surface area contributed by atoms with E-state index in [-0.39, 0.29) is 23.4 Å². The second-order valence-corrected chi connectivity index (χ2v) is 10.8. The van der Waals surface area contributed by atoms with Crippen molar-refractivity contribution < 1.29 is 23.1 Å². The van der Waals surface area contributed by atoms with Crippen molar-refractivity contribution >= 4 is 28.8 Å². The molecular formula is C31H36F2N4O3. The molecule has 2 saturated heterocycles. The minimum atomic E-state index is -1.03. The first-order valence-corrected chi connectivity index (χ1v) is 13.9. The molecule has 2 aliphatic heterocycles. The number of hydrogen-bond donors (Lipinski definition) is 2. The summed E-state index contributed by atoms with van der Waals surface area (Å²) in [5, 5.41) is 3.86. The van der Waals surface area contributed by atoms with Crippen LogP contribution in [0.2, 0.25) is 0 Å². The molecule has 2 fully saturated rings. The average molecular weight is 551 g/mol. The minimum absolute atomic E-state index is 0.131. The van der Waals surface area contributed by atoms with Crippen LogP contribution >= 0.6 is 0 Å². The first-order chi connectivity index (χ1) is 19.3. The van der Waals surface area contributed by atoms with E-state index in [1.807, 2.05) is 6.20 Å². The number of carbonyl (C=O) groups is 2. The molecule has 2 aromatic carbocycles. The molecule has 0 saturated carbocycles.